The molecule has 2 unspecified atom stereocenters. The minimum absolute atomic E-state index is 0.0368. The third-order valence-corrected chi connectivity index (χ3v) is 5.20. The number of methoxy groups -OCH3 is 2. The molecule has 0 spiro atoms. The van der Waals surface area contributed by atoms with Crippen molar-refractivity contribution in [3.8, 4) is 0 Å². The Morgan fingerprint density at radius 2 is 2.03 bits per heavy atom. The number of nitrogens with one attached hydrogen (secondary N) is 1. The maximum Gasteiger partial charge on any atom is 0.328 e. The van der Waals surface area contributed by atoms with E-state index in [1.54, 1.807) is 0 Å². The molecule has 14 heteroatoms. The number of likely N-dealkylation sites (tertiary alicyclic amines) is 1. The number of ether oxygens (including phenoxy) is 2. The van der Waals surface area contributed by atoms with Crippen molar-refractivity contribution < 1.29 is 28.4 Å². The lowest BCUT2D eigenvalue weighted by Crippen LogP contribution is -2.47. The highest BCUT2D eigenvalue weighted by Crippen LogP contribution is 2.23. The molecule has 33 heavy (non-hydrogen) atoms. The summed E-state index contributed by atoms with van der Waals surface area (Å²) in [4.78, 5) is 45.9. The van der Waals surface area contributed by atoms with E-state index in [1.807, 2.05) is 0 Å². The molecule has 0 aliphatic carbocycles. The zero-order valence-electron chi connectivity index (χ0n) is 18.9. The summed E-state index contributed by atoms with van der Waals surface area (Å²) in [7, 11) is 2.58. The van der Waals surface area contributed by atoms with Crippen LogP contribution in [0.25, 0.3) is 0 Å². The average molecular weight is 469 g/mol. The van der Waals surface area contributed by atoms with E-state index in [0.29, 0.717) is 38.8 Å². The molecule has 2 heterocycles. The smallest absolute Gasteiger partial charge is 0.328 e. The van der Waals surface area contributed by atoms with Gasteiger partial charge < -0.3 is 41.4 Å². The van der Waals surface area contributed by atoms with E-state index in [1.165, 1.54) is 19.1 Å². The van der Waals surface area contributed by atoms with E-state index in [9.17, 15) is 14.4 Å². The van der Waals surface area contributed by atoms with Crippen LogP contribution in [0.4, 0.5) is 4.79 Å². The van der Waals surface area contributed by atoms with Crippen molar-refractivity contribution >= 4 is 23.9 Å². The predicted octanol–water partition coefficient (Wildman–Crippen LogP) is -0.536. The van der Waals surface area contributed by atoms with E-state index < -0.39 is 36.1 Å². The SMILES string of the molecule is COC(=O)CC[C@H](N)c1noc(C(CCCN=C(N)N)NC(=O)N2CCCC2C(=O)OC)n1. The van der Waals surface area contributed by atoms with Crippen LogP contribution in [0.1, 0.15) is 62.3 Å². The molecule has 0 radical (unpaired) electrons. The summed E-state index contributed by atoms with van der Waals surface area (Å²) < 4.78 is 14.8. The van der Waals surface area contributed by atoms with Gasteiger partial charge in [0.2, 0.25) is 5.89 Å². The van der Waals surface area contributed by atoms with Gasteiger partial charge in [-0.05, 0) is 32.1 Å². The molecule has 1 aliphatic heterocycles. The Morgan fingerprint density at radius 3 is 2.70 bits per heavy atom. The van der Waals surface area contributed by atoms with Crippen LogP contribution in [-0.2, 0) is 19.1 Å². The number of nitrogens with zero attached hydrogens (tertiary/aromatic N) is 4. The van der Waals surface area contributed by atoms with Gasteiger partial charge in [-0.25, -0.2) is 9.59 Å². The topological polar surface area (TPSA) is 214 Å². The van der Waals surface area contributed by atoms with Crippen molar-refractivity contribution in [2.75, 3.05) is 27.3 Å². The molecule has 1 aromatic rings. The Labute approximate surface area is 191 Å². The third kappa shape index (κ3) is 7.59. The van der Waals surface area contributed by atoms with Crippen molar-refractivity contribution in [3.63, 3.8) is 0 Å². The van der Waals surface area contributed by atoms with Crippen LogP contribution < -0.4 is 22.5 Å². The first-order valence-corrected chi connectivity index (χ1v) is 10.6. The Morgan fingerprint density at radius 1 is 1.27 bits per heavy atom. The van der Waals surface area contributed by atoms with E-state index >= 15 is 0 Å². The average Bonchev–Trinajstić information content (AvgIpc) is 3.48. The Bertz CT molecular complexity index is 840. The molecule has 1 saturated heterocycles. The highest BCUT2D eigenvalue weighted by atomic mass is 16.5. The van der Waals surface area contributed by atoms with E-state index in [4.69, 9.17) is 26.5 Å². The number of hydrogen-bond donors (Lipinski definition) is 4. The first-order chi connectivity index (χ1) is 15.8. The second kappa shape index (κ2) is 12.6. The number of rotatable bonds is 11. The summed E-state index contributed by atoms with van der Waals surface area (Å²) in [5.74, 6) is -0.560. The lowest BCUT2D eigenvalue weighted by Gasteiger charge is -2.25. The molecule has 1 fully saturated rings. The highest BCUT2D eigenvalue weighted by molar-refractivity contribution is 5.84. The van der Waals surface area contributed by atoms with Gasteiger partial charge in [0.1, 0.15) is 12.1 Å². The first kappa shape index (κ1) is 25.8. The van der Waals surface area contributed by atoms with Crippen LogP contribution in [0.5, 0.6) is 0 Å². The molecule has 0 saturated carbocycles. The molecule has 184 valence electrons. The van der Waals surface area contributed by atoms with Gasteiger partial charge in [-0.15, -0.1) is 0 Å². The van der Waals surface area contributed by atoms with Crippen LogP contribution in [0, 0.1) is 0 Å². The number of aromatic nitrogens is 2. The molecule has 0 aromatic carbocycles. The minimum Gasteiger partial charge on any atom is -0.469 e. The maximum absolute atomic E-state index is 12.9. The van der Waals surface area contributed by atoms with Crippen LogP contribution in [0.3, 0.4) is 0 Å². The van der Waals surface area contributed by atoms with Crippen molar-refractivity contribution in [3.05, 3.63) is 11.7 Å². The Hall–Kier alpha value is -3.42. The summed E-state index contributed by atoms with van der Waals surface area (Å²) in [6.45, 7) is 0.753. The fraction of sp³-hybridized carbons (Fsp3) is 0.684. The van der Waals surface area contributed by atoms with Gasteiger partial charge >= 0.3 is 18.0 Å². The van der Waals surface area contributed by atoms with Crippen molar-refractivity contribution in [2.45, 2.75) is 56.7 Å². The Kier molecular flexibility index (Phi) is 9.84. The molecule has 0 bridgehead atoms. The highest BCUT2D eigenvalue weighted by Gasteiger charge is 2.36. The zero-order chi connectivity index (χ0) is 24.4. The number of guanidine groups is 1. The van der Waals surface area contributed by atoms with Crippen molar-refractivity contribution in [1.82, 2.24) is 20.4 Å². The monoisotopic (exact) mass is 468 g/mol. The first-order valence-electron chi connectivity index (χ1n) is 10.6. The normalized spacial score (nSPS) is 17.2. The fourth-order valence-electron chi connectivity index (χ4n) is 3.43. The van der Waals surface area contributed by atoms with Crippen LogP contribution in [0.2, 0.25) is 0 Å². The summed E-state index contributed by atoms with van der Waals surface area (Å²) in [5, 5.41) is 6.73. The van der Waals surface area contributed by atoms with E-state index in [-0.39, 0.29) is 30.5 Å². The lowest BCUT2D eigenvalue weighted by molar-refractivity contribution is -0.145. The standard InChI is InChI=1S/C19H32N8O6/c1-31-14(28)8-7-11(20)15-25-16(33-26-15)12(5-3-9-23-18(21)22)24-19(30)27-10-4-6-13(27)17(29)32-2/h11-13H,3-10,20H2,1-2H3,(H,24,30)(H4,21,22,23)/t11-,12?,13?/m0/s1. The molecule has 14 nitrogen and oxygen atoms in total. The van der Waals surface area contributed by atoms with Gasteiger partial charge in [0.05, 0.1) is 20.3 Å². The number of amides is 2. The number of aliphatic imine (C=N–C) groups is 1. The van der Waals surface area contributed by atoms with Gasteiger partial charge in [0.15, 0.2) is 11.8 Å². The fourth-order valence-corrected chi connectivity index (χ4v) is 3.43. The molecule has 1 aliphatic rings. The van der Waals surface area contributed by atoms with Crippen molar-refractivity contribution in [1.29, 1.82) is 0 Å². The molecule has 2 rings (SSSR count). The van der Waals surface area contributed by atoms with Gasteiger partial charge in [-0.2, -0.15) is 4.98 Å². The van der Waals surface area contributed by atoms with Crippen LogP contribution in [0.15, 0.2) is 9.52 Å². The summed E-state index contributed by atoms with van der Waals surface area (Å²) in [5.41, 5.74) is 16.8. The maximum atomic E-state index is 12.9. The number of carbonyl (C=O) groups excluding carboxylic acids is 3. The zero-order valence-corrected chi connectivity index (χ0v) is 18.9. The summed E-state index contributed by atoms with van der Waals surface area (Å²) in [6.07, 6.45) is 2.47. The summed E-state index contributed by atoms with van der Waals surface area (Å²) >= 11 is 0. The van der Waals surface area contributed by atoms with Gasteiger partial charge in [0.25, 0.3) is 0 Å². The largest absolute Gasteiger partial charge is 0.469 e. The number of hydrogen-bond acceptors (Lipinski definition) is 10. The second-order valence-electron chi connectivity index (χ2n) is 7.54. The van der Waals surface area contributed by atoms with Gasteiger partial charge in [-0.1, -0.05) is 5.16 Å². The van der Waals surface area contributed by atoms with E-state index in [0.717, 1.165) is 0 Å². The number of esters is 2. The molecule has 2 amide bonds. The minimum atomic E-state index is -0.667. The van der Waals surface area contributed by atoms with Gasteiger partial charge in [-0.3, -0.25) is 9.79 Å². The van der Waals surface area contributed by atoms with E-state index in [2.05, 4.69) is 25.2 Å². The van der Waals surface area contributed by atoms with Crippen LogP contribution >= 0.6 is 0 Å². The lowest BCUT2D eigenvalue weighted by atomic mass is 10.1. The number of carbonyl (C=O) groups is 3. The molecule has 3 atom stereocenters. The molecular weight excluding hydrogens is 436 g/mol. The molecule has 7 N–H and O–H groups in total. The quantitative estimate of drug-likeness (QED) is 0.140. The van der Waals surface area contributed by atoms with Crippen LogP contribution in [-0.4, -0.2) is 72.3 Å². The molecular formula is C19H32N8O6. The Balaban J connectivity index is 2.11. The number of nitrogens with two attached hydrogens (primary N) is 3. The predicted molar refractivity (Wildman–Crippen MR) is 115 cm³/mol. The summed E-state index contributed by atoms with van der Waals surface area (Å²) in [6, 6.07) is -2.42. The van der Waals surface area contributed by atoms with Gasteiger partial charge in [0, 0.05) is 19.5 Å². The second-order valence-corrected chi connectivity index (χ2v) is 7.54. The molecule has 1 aromatic heterocycles. The number of urea groups is 1. The third-order valence-electron chi connectivity index (χ3n) is 5.20. The van der Waals surface area contributed by atoms with Crippen molar-refractivity contribution in [2.24, 2.45) is 22.2 Å².